The first-order chi connectivity index (χ1) is 17.9. The van der Waals surface area contributed by atoms with Crippen molar-refractivity contribution in [2.75, 3.05) is 5.75 Å². The number of ketones is 1. The summed E-state index contributed by atoms with van der Waals surface area (Å²) in [4.78, 5) is 26.7. The SMILES string of the molecule is N[C@@H](CS)C(=O)[C@H]1c2c(O)cc(O)cc2O[C@@H](c2ccc(O)c(O)c2)C1OC(=O)c1cc(O)c(O)c(O)c1. The standard InChI is InChI=1S/C25H23NO11S/c26-12(8-38)21(33)20-19-15(30)6-11(27)7-18(19)36-23(9-1-2-13(28)14(29)3-9)24(20)37-25(35)10-4-16(31)22(34)17(32)5-10/h1-7,12,20,23-24,27-32,34,38H,8,26H2/t12-,20+,23-,24?/m0/s1. The van der Waals surface area contributed by atoms with Gasteiger partial charge in [0.1, 0.15) is 17.2 Å². The van der Waals surface area contributed by atoms with Gasteiger partial charge in [0.2, 0.25) is 0 Å². The summed E-state index contributed by atoms with van der Waals surface area (Å²) in [6.45, 7) is 0. The van der Waals surface area contributed by atoms with Crippen molar-refractivity contribution in [3.63, 3.8) is 0 Å². The Balaban J connectivity index is 1.90. The Bertz CT molecular complexity index is 1400. The van der Waals surface area contributed by atoms with Crippen molar-refractivity contribution in [3.05, 3.63) is 59.2 Å². The predicted octanol–water partition coefficient (Wildman–Crippen LogP) is 1.89. The molecule has 0 saturated heterocycles. The van der Waals surface area contributed by atoms with Crippen LogP contribution in [0.3, 0.4) is 0 Å². The molecule has 0 aromatic heterocycles. The Kier molecular flexibility index (Phi) is 7.07. The highest BCUT2D eigenvalue weighted by Crippen LogP contribution is 2.50. The van der Waals surface area contributed by atoms with Crippen molar-refractivity contribution in [2.45, 2.75) is 24.2 Å². The number of nitrogens with two attached hydrogens (primary N) is 1. The number of thiol groups is 1. The van der Waals surface area contributed by atoms with Gasteiger partial charge in [0, 0.05) is 23.4 Å². The van der Waals surface area contributed by atoms with Crippen LogP contribution in [0.25, 0.3) is 0 Å². The Morgan fingerprint density at radius 2 is 1.55 bits per heavy atom. The summed E-state index contributed by atoms with van der Waals surface area (Å²) in [5.74, 6) is -8.10. The summed E-state index contributed by atoms with van der Waals surface area (Å²) in [5.41, 5.74) is 5.55. The number of carbonyl (C=O) groups excluding carboxylic acids is 2. The third-order valence-electron chi connectivity index (χ3n) is 6.04. The van der Waals surface area contributed by atoms with E-state index >= 15 is 0 Å². The van der Waals surface area contributed by atoms with E-state index < -0.39 is 81.7 Å². The van der Waals surface area contributed by atoms with Crippen LogP contribution in [-0.2, 0) is 9.53 Å². The van der Waals surface area contributed by atoms with Crippen molar-refractivity contribution < 1.29 is 54.8 Å². The highest BCUT2D eigenvalue weighted by Gasteiger charge is 2.48. The van der Waals surface area contributed by atoms with Crippen LogP contribution in [0, 0.1) is 0 Å². The number of benzene rings is 3. The second-order valence-corrected chi connectivity index (χ2v) is 8.93. The Morgan fingerprint density at radius 1 is 0.895 bits per heavy atom. The fourth-order valence-electron chi connectivity index (χ4n) is 4.19. The average Bonchev–Trinajstić information content (AvgIpc) is 2.87. The summed E-state index contributed by atoms with van der Waals surface area (Å²) in [7, 11) is 0. The first-order valence-corrected chi connectivity index (χ1v) is 11.7. The molecule has 9 N–H and O–H groups in total. The Hall–Kier alpha value is -4.49. The summed E-state index contributed by atoms with van der Waals surface area (Å²) < 4.78 is 11.6. The lowest BCUT2D eigenvalue weighted by Crippen LogP contribution is -2.47. The van der Waals surface area contributed by atoms with Gasteiger partial charge in [0.25, 0.3) is 0 Å². The molecule has 0 amide bonds. The van der Waals surface area contributed by atoms with E-state index in [4.69, 9.17) is 15.2 Å². The zero-order valence-electron chi connectivity index (χ0n) is 19.3. The van der Waals surface area contributed by atoms with E-state index in [0.29, 0.717) is 0 Å². The van der Waals surface area contributed by atoms with Crippen LogP contribution in [-0.4, -0.2) is 65.4 Å². The van der Waals surface area contributed by atoms with Gasteiger partial charge < -0.3 is 51.0 Å². The number of ether oxygens (including phenoxy) is 2. The first kappa shape index (κ1) is 26.6. The molecule has 12 nitrogen and oxygen atoms in total. The van der Waals surface area contributed by atoms with Crippen molar-refractivity contribution in [1.29, 1.82) is 0 Å². The van der Waals surface area contributed by atoms with Crippen molar-refractivity contribution in [2.24, 2.45) is 5.73 Å². The highest BCUT2D eigenvalue weighted by atomic mass is 32.1. The maximum atomic E-state index is 13.5. The molecule has 38 heavy (non-hydrogen) atoms. The van der Waals surface area contributed by atoms with Crippen LogP contribution in [0.15, 0.2) is 42.5 Å². The molecular formula is C25H23NO11S. The normalized spacial score (nSPS) is 19.2. The summed E-state index contributed by atoms with van der Waals surface area (Å²) in [6, 6.07) is 6.09. The molecule has 1 aliphatic rings. The Morgan fingerprint density at radius 3 is 2.16 bits per heavy atom. The molecule has 0 fully saturated rings. The minimum absolute atomic E-state index is 0.116. The van der Waals surface area contributed by atoms with Gasteiger partial charge in [-0.3, -0.25) is 4.79 Å². The molecule has 0 spiro atoms. The summed E-state index contributed by atoms with van der Waals surface area (Å²) in [5, 5.41) is 69.8. The summed E-state index contributed by atoms with van der Waals surface area (Å²) in [6.07, 6.45) is -2.94. The number of rotatable bonds is 6. The Labute approximate surface area is 220 Å². The molecule has 0 saturated carbocycles. The third-order valence-corrected chi connectivity index (χ3v) is 6.44. The number of fused-ring (bicyclic) bond motifs is 1. The first-order valence-electron chi connectivity index (χ1n) is 11.0. The quantitative estimate of drug-likeness (QED) is 0.123. The van der Waals surface area contributed by atoms with Crippen molar-refractivity contribution in [3.8, 4) is 46.0 Å². The van der Waals surface area contributed by atoms with Crippen molar-refractivity contribution >= 4 is 24.4 Å². The number of aromatic hydroxyl groups is 7. The number of phenols is 7. The molecule has 1 unspecified atom stereocenters. The minimum atomic E-state index is -1.58. The van der Waals surface area contributed by atoms with Crippen LogP contribution >= 0.6 is 12.6 Å². The number of Topliss-reactive ketones (excluding diaryl/α,β-unsaturated/α-hetero) is 1. The van der Waals surface area contributed by atoms with E-state index in [2.05, 4.69) is 12.6 Å². The van der Waals surface area contributed by atoms with E-state index in [1.54, 1.807) is 0 Å². The van der Waals surface area contributed by atoms with Gasteiger partial charge in [-0.05, 0) is 24.3 Å². The minimum Gasteiger partial charge on any atom is -0.508 e. The average molecular weight is 546 g/mol. The molecule has 1 aliphatic heterocycles. The van der Waals surface area contributed by atoms with E-state index in [-0.39, 0.29) is 22.6 Å². The van der Waals surface area contributed by atoms with Gasteiger partial charge >= 0.3 is 5.97 Å². The van der Waals surface area contributed by atoms with Gasteiger partial charge in [-0.25, -0.2) is 4.79 Å². The van der Waals surface area contributed by atoms with Crippen LogP contribution in [0.1, 0.15) is 33.5 Å². The van der Waals surface area contributed by atoms with Gasteiger partial charge in [-0.15, -0.1) is 0 Å². The number of esters is 1. The molecule has 4 rings (SSSR count). The summed E-state index contributed by atoms with van der Waals surface area (Å²) >= 11 is 4.07. The van der Waals surface area contributed by atoms with Crippen LogP contribution in [0.2, 0.25) is 0 Å². The molecule has 0 bridgehead atoms. The molecular weight excluding hydrogens is 522 g/mol. The van der Waals surface area contributed by atoms with Crippen LogP contribution < -0.4 is 10.5 Å². The highest BCUT2D eigenvalue weighted by molar-refractivity contribution is 7.80. The number of hydrogen-bond acceptors (Lipinski definition) is 13. The van der Waals surface area contributed by atoms with E-state index in [1.165, 1.54) is 6.07 Å². The third kappa shape index (κ3) is 4.76. The maximum absolute atomic E-state index is 13.5. The smallest absolute Gasteiger partial charge is 0.338 e. The molecule has 0 radical (unpaired) electrons. The molecule has 3 aromatic rings. The van der Waals surface area contributed by atoms with Gasteiger partial charge in [0.05, 0.1) is 23.1 Å². The van der Waals surface area contributed by atoms with Gasteiger partial charge in [-0.1, -0.05) is 6.07 Å². The lowest BCUT2D eigenvalue weighted by Gasteiger charge is -2.39. The zero-order valence-corrected chi connectivity index (χ0v) is 20.2. The van der Waals surface area contributed by atoms with E-state index in [9.17, 15) is 45.3 Å². The lowest BCUT2D eigenvalue weighted by molar-refractivity contribution is -0.127. The molecule has 13 heteroatoms. The molecule has 1 heterocycles. The van der Waals surface area contributed by atoms with E-state index in [0.717, 1.165) is 36.4 Å². The van der Waals surface area contributed by atoms with E-state index in [1.807, 2.05) is 0 Å². The van der Waals surface area contributed by atoms with Gasteiger partial charge in [-0.2, -0.15) is 12.6 Å². The molecule has 200 valence electrons. The van der Waals surface area contributed by atoms with Crippen molar-refractivity contribution in [1.82, 2.24) is 0 Å². The fourth-order valence-corrected chi connectivity index (χ4v) is 4.37. The van der Waals surface area contributed by atoms with Crippen LogP contribution in [0.4, 0.5) is 0 Å². The molecule has 3 aromatic carbocycles. The van der Waals surface area contributed by atoms with Gasteiger partial charge in [0.15, 0.2) is 46.7 Å². The topological polar surface area (TPSA) is 220 Å². The second-order valence-electron chi connectivity index (χ2n) is 8.57. The second kappa shape index (κ2) is 10.1. The largest absolute Gasteiger partial charge is 0.508 e. The lowest BCUT2D eigenvalue weighted by atomic mass is 9.79. The van der Waals surface area contributed by atoms with Crippen LogP contribution in [0.5, 0.6) is 46.0 Å². The zero-order chi connectivity index (χ0) is 27.9. The number of hydrogen-bond donors (Lipinski definition) is 9. The number of carbonyl (C=O) groups is 2. The molecule has 4 atom stereocenters. The predicted molar refractivity (Wildman–Crippen MR) is 133 cm³/mol. The maximum Gasteiger partial charge on any atom is 0.338 e. The number of phenolic OH excluding ortho intramolecular Hbond substituents is 7. The monoisotopic (exact) mass is 545 g/mol. The molecule has 0 aliphatic carbocycles. The fraction of sp³-hybridized carbons (Fsp3) is 0.200.